The molecule has 1 atom stereocenters. The van der Waals surface area contributed by atoms with E-state index >= 15 is 0 Å². The predicted octanol–water partition coefficient (Wildman–Crippen LogP) is 5.21. The van der Waals surface area contributed by atoms with Crippen LogP contribution in [0.1, 0.15) is 44.3 Å². The highest BCUT2D eigenvalue weighted by Crippen LogP contribution is 2.33. The minimum Gasteiger partial charge on any atom is -0.493 e. The maximum Gasteiger partial charge on any atom is 0.269 e. The first-order chi connectivity index (χ1) is 14.4. The Morgan fingerprint density at radius 2 is 1.73 bits per heavy atom. The number of thioether (sulfide) groups is 1. The van der Waals surface area contributed by atoms with Crippen LogP contribution in [0.25, 0.3) is 0 Å². The van der Waals surface area contributed by atoms with E-state index in [-0.39, 0.29) is 17.8 Å². The van der Waals surface area contributed by atoms with Gasteiger partial charge in [0, 0.05) is 23.9 Å². The van der Waals surface area contributed by atoms with E-state index in [1.54, 1.807) is 19.2 Å². The van der Waals surface area contributed by atoms with Crippen molar-refractivity contribution in [1.29, 1.82) is 0 Å². The molecule has 0 spiro atoms. The molecule has 0 saturated heterocycles. The number of rotatable bonds is 9. The van der Waals surface area contributed by atoms with Gasteiger partial charge in [-0.05, 0) is 38.5 Å². The third kappa shape index (κ3) is 4.91. The molecule has 0 aliphatic carbocycles. The summed E-state index contributed by atoms with van der Waals surface area (Å²) >= 11 is 1.53. The Kier molecular flexibility index (Phi) is 6.94. The number of aromatic nitrogens is 3. The van der Waals surface area contributed by atoms with E-state index in [0.29, 0.717) is 17.3 Å². The molecule has 2 aromatic carbocycles. The van der Waals surface area contributed by atoms with Gasteiger partial charge >= 0.3 is 0 Å². The maximum absolute atomic E-state index is 10.8. The SMILES string of the molecule is COc1ccccc1OC(C)c1nnc(SCc2ccc([N+](=O)[O-])cc2)n1C(C)C. The molecule has 1 aromatic heterocycles. The fourth-order valence-corrected chi connectivity index (χ4v) is 4.00. The molecule has 0 saturated carbocycles. The number of nitrogens with zero attached hydrogens (tertiary/aromatic N) is 4. The highest BCUT2D eigenvalue weighted by atomic mass is 32.2. The van der Waals surface area contributed by atoms with Gasteiger partial charge in [-0.25, -0.2) is 0 Å². The summed E-state index contributed by atoms with van der Waals surface area (Å²) in [5.41, 5.74) is 1.06. The zero-order valence-corrected chi connectivity index (χ0v) is 18.1. The van der Waals surface area contributed by atoms with Crippen molar-refractivity contribution in [2.24, 2.45) is 0 Å². The Balaban J connectivity index is 1.76. The molecule has 0 aliphatic rings. The van der Waals surface area contributed by atoms with Gasteiger partial charge in [-0.2, -0.15) is 0 Å². The first-order valence-electron chi connectivity index (χ1n) is 9.51. The minimum absolute atomic E-state index is 0.0821. The van der Waals surface area contributed by atoms with E-state index in [1.165, 1.54) is 23.9 Å². The summed E-state index contributed by atoms with van der Waals surface area (Å²) in [5, 5.41) is 20.3. The molecule has 0 bridgehead atoms. The quantitative estimate of drug-likeness (QED) is 0.262. The summed E-state index contributed by atoms with van der Waals surface area (Å²) in [6.07, 6.45) is -0.329. The second-order valence-electron chi connectivity index (χ2n) is 6.93. The molecule has 1 unspecified atom stereocenters. The Hall–Kier alpha value is -3.07. The van der Waals surface area contributed by atoms with Crippen LogP contribution in [-0.2, 0) is 5.75 Å². The molecule has 3 rings (SSSR count). The first-order valence-corrected chi connectivity index (χ1v) is 10.5. The van der Waals surface area contributed by atoms with Crippen molar-refractivity contribution in [2.75, 3.05) is 7.11 Å². The number of hydrogen-bond acceptors (Lipinski definition) is 7. The lowest BCUT2D eigenvalue weighted by atomic mass is 10.2. The number of benzene rings is 2. The van der Waals surface area contributed by atoms with Crippen LogP contribution in [0.5, 0.6) is 11.5 Å². The van der Waals surface area contributed by atoms with Gasteiger partial charge in [0.1, 0.15) is 0 Å². The number of methoxy groups -OCH3 is 1. The fourth-order valence-electron chi connectivity index (χ4n) is 2.97. The van der Waals surface area contributed by atoms with Gasteiger partial charge in [-0.1, -0.05) is 36.0 Å². The van der Waals surface area contributed by atoms with Crippen LogP contribution in [0.15, 0.2) is 53.7 Å². The van der Waals surface area contributed by atoms with Crippen molar-refractivity contribution in [1.82, 2.24) is 14.8 Å². The Morgan fingerprint density at radius 1 is 1.07 bits per heavy atom. The average Bonchev–Trinajstić information content (AvgIpc) is 3.17. The van der Waals surface area contributed by atoms with E-state index in [4.69, 9.17) is 9.47 Å². The van der Waals surface area contributed by atoms with E-state index in [2.05, 4.69) is 28.6 Å². The molecule has 0 aliphatic heterocycles. The van der Waals surface area contributed by atoms with Gasteiger partial charge in [0.05, 0.1) is 12.0 Å². The lowest BCUT2D eigenvalue weighted by Gasteiger charge is -2.19. The number of nitro benzene ring substituents is 1. The minimum atomic E-state index is -0.401. The van der Waals surface area contributed by atoms with Crippen molar-refractivity contribution in [3.8, 4) is 11.5 Å². The molecule has 0 N–H and O–H groups in total. The second kappa shape index (κ2) is 9.62. The molecular weight excluding hydrogens is 404 g/mol. The third-order valence-corrected chi connectivity index (χ3v) is 5.47. The van der Waals surface area contributed by atoms with Gasteiger partial charge in [0.15, 0.2) is 28.6 Å². The molecule has 3 aromatic rings. The van der Waals surface area contributed by atoms with Crippen LogP contribution in [0.2, 0.25) is 0 Å². The zero-order valence-electron chi connectivity index (χ0n) is 17.3. The summed E-state index contributed by atoms with van der Waals surface area (Å²) in [6.45, 7) is 6.07. The highest BCUT2D eigenvalue weighted by Gasteiger charge is 2.22. The molecule has 8 nitrogen and oxygen atoms in total. The van der Waals surface area contributed by atoms with Gasteiger partial charge < -0.3 is 14.0 Å². The number of non-ortho nitro benzene ring substituents is 1. The Labute approximate surface area is 179 Å². The number of nitro groups is 1. The zero-order chi connectivity index (χ0) is 21.7. The van der Waals surface area contributed by atoms with Crippen molar-refractivity contribution >= 4 is 17.4 Å². The fraction of sp³-hybridized carbons (Fsp3) is 0.333. The lowest BCUT2D eigenvalue weighted by Crippen LogP contribution is -2.14. The van der Waals surface area contributed by atoms with Crippen molar-refractivity contribution in [2.45, 2.75) is 43.8 Å². The number of ether oxygens (including phenoxy) is 2. The van der Waals surface area contributed by atoms with Crippen molar-refractivity contribution in [3.63, 3.8) is 0 Å². The topological polar surface area (TPSA) is 92.3 Å². The lowest BCUT2D eigenvalue weighted by molar-refractivity contribution is -0.384. The van der Waals surface area contributed by atoms with E-state index < -0.39 is 4.92 Å². The molecule has 158 valence electrons. The second-order valence-corrected chi connectivity index (χ2v) is 7.87. The molecule has 0 amide bonds. The van der Waals surface area contributed by atoms with Crippen molar-refractivity contribution < 1.29 is 14.4 Å². The molecule has 0 radical (unpaired) electrons. The molecular formula is C21H24N4O4S. The number of hydrogen-bond donors (Lipinski definition) is 0. The summed E-state index contributed by atoms with van der Waals surface area (Å²) in [7, 11) is 1.61. The summed E-state index contributed by atoms with van der Waals surface area (Å²) in [5.74, 6) is 2.66. The normalized spacial score (nSPS) is 12.0. The predicted molar refractivity (Wildman–Crippen MR) is 115 cm³/mol. The van der Waals surface area contributed by atoms with Crippen molar-refractivity contribution in [3.05, 3.63) is 70.0 Å². The summed E-state index contributed by atoms with van der Waals surface area (Å²) in [6, 6.07) is 14.2. The molecule has 9 heteroatoms. The van der Waals surface area contributed by atoms with Crippen LogP contribution in [-0.4, -0.2) is 26.8 Å². The van der Waals surface area contributed by atoms with Gasteiger partial charge in [-0.3, -0.25) is 10.1 Å². The van der Waals surface area contributed by atoms with E-state index in [1.807, 2.05) is 31.2 Å². The summed E-state index contributed by atoms with van der Waals surface area (Å²) < 4.78 is 13.5. The number of para-hydroxylation sites is 2. The van der Waals surface area contributed by atoms with E-state index in [9.17, 15) is 10.1 Å². The molecule has 1 heterocycles. The van der Waals surface area contributed by atoms with E-state index in [0.717, 1.165) is 16.5 Å². The van der Waals surface area contributed by atoms with Gasteiger partial charge in [-0.15, -0.1) is 10.2 Å². The largest absolute Gasteiger partial charge is 0.493 e. The van der Waals surface area contributed by atoms with Crippen LogP contribution in [0.3, 0.4) is 0 Å². The third-order valence-electron chi connectivity index (χ3n) is 4.46. The average molecular weight is 429 g/mol. The van der Waals surface area contributed by atoms with Gasteiger partial charge in [0.2, 0.25) is 0 Å². The Bertz CT molecular complexity index is 1000. The maximum atomic E-state index is 10.8. The van der Waals surface area contributed by atoms with Crippen LogP contribution >= 0.6 is 11.8 Å². The standard InChI is InChI=1S/C21H24N4O4S/c1-14(2)24-20(15(3)29-19-8-6-5-7-18(19)28-4)22-23-21(24)30-13-16-9-11-17(12-10-16)25(26)27/h5-12,14-15H,13H2,1-4H3. The molecule has 0 fully saturated rings. The monoisotopic (exact) mass is 428 g/mol. The van der Waals surface area contributed by atoms with Crippen LogP contribution in [0, 0.1) is 10.1 Å². The van der Waals surface area contributed by atoms with Crippen LogP contribution < -0.4 is 9.47 Å². The summed E-state index contributed by atoms with van der Waals surface area (Å²) in [4.78, 5) is 10.4. The first kappa shape index (κ1) is 21.6. The van der Waals surface area contributed by atoms with Gasteiger partial charge in [0.25, 0.3) is 5.69 Å². The highest BCUT2D eigenvalue weighted by molar-refractivity contribution is 7.98. The molecule has 30 heavy (non-hydrogen) atoms. The smallest absolute Gasteiger partial charge is 0.269 e. The van der Waals surface area contributed by atoms with Crippen LogP contribution in [0.4, 0.5) is 5.69 Å². The Morgan fingerprint density at radius 3 is 2.33 bits per heavy atom.